The fourth-order valence-electron chi connectivity index (χ4n) is 2.50. The molecule has 5 nitrogen and oxygen atoms in total. The molecule has 20 heavy (non-hydrogen) atoms. The first-order chi connectivity index (χ1) is 9.74. The summed E-state index contributed by atoms with van der Waals surface area (Å²) in [4.78, 5) is 6.54. The number of hydrogen-bond donors (Lipinski definition) is 2. The number of hydrogen-bond acceptors (Lipinski definition) is 5. The molecule has 1 aromatic heterocycles. The van der Waals surface area contributed by atoms with Gasteiger partial charge < -0.3 is 20.1 Å². The smallest absolute Gasteiger partial charge is 0.0989 e. The molecule has 112 valence electrons. The molecule has 2 rings (SSSR count). The Kier molecular flexibility index (Phi) is 5.91. The molecule has 0 spiro atoms. The maximum atomic E-state index is 10.3. The molecule has 0 radical (unpaired) electrons. The third-order valence-electron chi connectivity index (χ3n) is 3.89. The summed E-state index contributed by atoms with van der Waals surface area (Å²) in [5.41, 5.74) is 0.979. The molecule has 1 fully saturated rings. The quantitative estimate of drug-likeness (QED) is 0.767. The summed E-state index contributed by atoms with van der Waals surface area (Å²) in [5.74, 6) is 0. The van der Waals surface area contributed by atoms with Crippen LogP contribution in [0.5, 0.6) is 0 Å². The SMILES string of the molecule is CCN(CC)C[C@@H]1OC[C@@H](NCc2ccccn2)[C@H]1O. The van der Waals surface area contributed by atoms with E-state index in [1.54, 1.807) is 6.20 Å². The van der Waals surface area contributed by atoms with E-state index in [4.69, 9.17) is 4.74 Å². The second kappa shape index (κ2) is 7.69. The zero-order valence-electron chi connectivity index (χ0n) is 12.3. The molecule has 0 aliphatic carbocycles. The van der Waals surface area contributed by atoms with Crippen molar-refractivity contribution in [2.75, 3.05) is 26.2 Å². The average Bonchev–Trinajstić information content (AvgIpc) is 2.84. The zero-order chi connectivity index (χ0) is 14.4. The van der Waals surface area contributed by atoms with E-state index in [1.165, 1.54) is 0 Å². The lowest BCUT2D eigenvalue weighted by atomic mass is 10.1. The summed E-state index contributed by atoms with van der Waals surface area (Å²) >= 11 is 0. The van der Waals surface area contributed by atoms with E-state index in [1.807, 2.05) is 18.2 Å². The number of nitrogens with zero attached hydrogens (tertiary/aromatic N) is 2. The van der Waals surface area contributed by atoms with E-state index in [2.05, 4.69) is 29.0 Å². The van der Waals surface area contributed by atoms with E-state index >= 15 is 0 Å². The summed E-state index contributed by atoms with van der Waals surface area (Å²) in [7, 11) is 0. The minimum atomic E-state index is -0.459. The van der Waals surface area contributed by atoms with Crippen molar-refractivity contribution in [1.29, 1.82) is 0 Å². The van der Waals surface area contributed by atoms with Crippen molar-refractivity contribution < 1.29 is 9.84 Å². The topological polar surface area (TPSA) is 57.6 Å². The van der Waals surface area contributed by atoms with Crippen molar-refractivity contribution >= 4 is 0 Å². The van der Waals surface area contributed by atoms with Gasteiger partial charge in [0.25, 0.3) is 0 Å². The molecule has 0 bridgehead atoms. The first-order valence-electron chi connectivity index (χ1n) is 7.39. The van der Waals surface area contributed by atoms with Gasteiger partial charge in [0, 0.05) is 19.3 Å². The van der Waals surface area contributed by atoms with E-state index in [0.717, 1.165) is 25.3 Å². The van der Waals surface area contributed by atoms with Gasteiger partial charge in [0.2, 0.25) is 0 Å². The van der Waals surface area contributed by atoms with Crippen LogP contribution >= 0.6 is 0 Å². The summed E-state index contributed by atoms with van der Waals surface area (Å²) in [5, 5.41) is 13.7. The van der Waals surface area contributed by atoms with E-state index < -0.39 is 6.10 Å². The second-order valence-corrected chi connectivity index (χ2v) is 5.16. The van der Waals surface area contributed by atoms with E-state index in [9.17, 15) is 5.11 Å². The minimum Gasteiger partial charge on any atom is -0.389 e. The van der Waals surface area contributed by atoms with Crippen molar-refractivity contribution in [2.24, 2.45) is 0 Å². The Bertz CT molecular complexity index is 384. The summed E-state index contributed by atoms with van der Waals surface area (Å²) < 4.78 is 5.73. The van der Waals surface area contributed by atoms with Gasteiger partial charge in [-0.1, -0.05) is 19.9 Å². The Labute approximate surface area is 121 Å². The highest BCUT2D eigenvalue weighted by Crippen LogP contribution is 2.16. The van der Waals surface area contributed by atoms with E-state index in [-0.39, 0.29) is 12.1 Å². The van der Waals surface area contributed by atoms with Crippen LogP contribution in [0.25, 0.3) is 0 Å². The molecule has 1 saturated heterocycles. The summed E-state index contributed by atoms with van der Waals surface area (Å²) in [6.07, 6.45) is 1.22. The predicted molar refractivity (Wildman–Crippen MR) is 78.4 cm³/mol. The third-order valence-corrected chi connectivity index (χ3v) is 3.89. The predicted octanol–water partition coefficient (Wildman–Crippen LogP) is 0.641. The Morgan fingerprint density at radius 3 is 2.85 bits per heavy atom. The number of aromatic nitrogens is 1. The maximum Gasteiger partial charge on any atom is 0.0989 e. The third kappa shape index (κ3) is 3.99. The molecule has 0 amide bonds. The van der Waals surface area contributed by atoms with Gasteiger partial charge in [-0.3, -0.25) is 4.98 Å². The van der Waals surface area contributed by atoms with Crippen LogP contribution in [0.1, 0.15) is 19.5 Å². The van der Waals surface area contributed by atoms with Gasteiger partial charge in [-0.25, -0.2) is 0 Å². The van der Waals surface area contributed by atoms with Gasteiger partial charge in [0.05, 0.1) is 30.6 Å². The first kappa shape index (κ1) is 15.4. The van der Waals surface area contributed by atoms with Crippen LogP contribution in [0.2, 0.25) is 0 Å². The monoisotopic (exact) mass is 279 g/mol. The highest BCUT2D eigenvalue weighted by atomic mass is 16.5. The van der Waals surface area contributed by atoms with Gasteiger partial charge >= 0.3 is 0 Å². The molecule has 5 heteroatoms. The van der Waals surface area contributed by atoms with Crippen LogP contribution in [0.4, 0.5) is 0 Å². The number of aliphatic hydroxyl groups excluding tert-OH is 1. The van der Waals surface area contributed by atoms with Crippen molar-refractivity contribution in [1.82, 2.24) is 15.2 Å². The Morgan fingerprint density at radius 2 is 2.20 bits per heavy atom. The number of nitrogens with one attached hydrogen (secondary N) is 1. The number of likely N-dealkylation sites (N-methyl/N-ethyl adjacent to an activating group) is 1. The van der Waals surface area contributed by atoms with Gasteiger partial charge in [-0.05, 0) is 25.2 Å². The minimum absolute atomic E-state index is 0.0161. The number of pyridine rings is 1. The van der Waals surface area contributed by atoms with Crippen molar-refractivity contribution in [2.45, 2.75) is 38.6 Å². The van der Waals surface area contributed by atoms with Crippen LogP contribution < -0.4 is 5.32 Å². The highest BCUT2D eigenvalue weighted by Gasteiger charge is 2.36. The second-order valence-electron chi connectivity index (χ2n) is 5.16. The lowest BCUT2D eigenvalue weighted by molar-refractivity contribution is 0.0170. The molecule has 1 aromatic rings. The van der Waals surface area contributed by atoms with Crippen molar-refractivity contribution in [3.8, 4) is 0 Å². The van der Waals surface area contributed by atoms with Crippen molar-refractivity contribution in [3.63, 3.8) is 0 Å². The normalized spacial score (nSPS) is 26.3. The molecular weight excluding hydrogens is 254 g/mol. The molecular formula is C15H25N3O2. The standard InChI is InChI=1S/C15H25N3O2/c1-3-18(4-2)10-14-15(19)13(11-20-14)17-9-12-7-5-6-8-16-12/h5-8,13-15,17,19H,3-4,9-11H2,1-2H3/t13-,14+,15-/m1/s1. The Hall–Kier alpha value is -1.01. The number of aliphatic hydroxyl groups is 1. The van der Waals surface area contributed by atoms with Crippen molar-refractivity contribution in [3.05, 3.63) is 30.1 Å². The molecule has 0 aromatic carbocycles. The van der Waals surface area contributed by atoms with Crippen LogP contribution in [-0.2, 0) is 11.3 Å². The maximum absolute atomic E-state index is 10.3. The van der Waals surface area contributed by atoms with Gasteiger partial charge in [-0.15, -0.1) is 0 Å². The zero-order valence-corrected chi connectivity index (χ0v) is 12.3. The number of rotatable bonds is 7. The molecule has 0 unspecified atom stereocenters. The first-order valence-corrected chi connectivity index (χ1v) is 7.39. The van der Waals surface area contributed by atoms with Crippen LogP contribution in [0, 0.1) is 0 Å². The lowest BCUT2D eigenvalue weighted by Gasteiger charge is -2.24. The Balaban J connectivity index is 1.80. The fourth-order valence-corrected chi connectivity index (χ4v) is 2.50. The molecule has 0 saturated carbocycles. The molecule has 1 aliphatic rings. The summed E-state index contributed by atoms with van der Waals surface area (Å²) in [6.45, 7) is 8.22. The fraction of sp³-hybridized carbons (Fsp3) is 0.667. The van der Waals surface area contributed by atoms with Gasteiger partial charge in [0.1, 0.15) is 0 Å². The highest BCUT2D eigenvalue weighted by molar-refractivity contribution is 5.03. The molecule has 1 aliphatic heterocycles. The molecule has 3 atom stereocenters. The largest absolute Gasteiger partial charge is 0.389 e. The van der Waals surface area contributed by atoms with Crippen LogP contribution in [0.15, 0.2) is 24.4 Å². The Morgan fingerprint density at radius 1 is 1.40 bits per heavy atom. The number of ether oxygens (including phenoxy) is 1. The summed E-state index contributed by atoms with van der Waals surface area (Å²) in [6, 6.07) is 5.83. The van der Waals surface area contributed by atoms with Gasteiger partial charge in [-0.2, -0.15) is 0 Å². The van der Waals surface area contributed by atoms with E-state index in [0.29, 0.717) is 13.2 Å². The molecule has 2 heterocycles. The average molecular weight is 279 g/mol. The van der Waals surface area contributed by atoms with Gasteiger partial charge in [0.15, 0.2) is 0 Å². The lowest BCUT2D eigenvalue weighted by Crippen LogP contribution is -2.44. The van der Waals surface area contributed by atoms with Crippen LogP contribution in [-0.4, -0.2) is 59.5 Å². The molecule has 2 N–H and O–H groups in total. The van der Waals surface area contributed by atoms with Crippen LogP contribution in [0.3, 0.4) is 0 Å².